The number of carbonyl (C=O) groups is 3. The minimum absolute atomic E-state index is 0.0246. The summed E-state index contributed by atoms with van der Waals surface area (Å²) in [7, 11) is 0. The SMILES string of the molecule is CC(=O)O[C@H]1CC[C@@]2(C)[C@@H](CC[C@H]3C4=C[C@@H]5O[C@H](CCC(C)(CO)OC(=O)c6ccccc6)[C@@H](C)[C@@H]5[C@@]4(C)[C@H](OC(=O)c4ccccc4)C[C@@H]32)C1. The molecule has 7 rings (SSSR count). The molecule has 2 aromatic carbocycles. The molecule has 0 amide bonds. The van der Waals surface area contributed by atoms with E-state index in [-0.39, 0.29) is 60.2 Å². The monoisotopic (exact) mass is 698 g/mol. The second kappa shape index (κ2) is 13.8. The molecule has 0 spiro atoms. The number of rotatable bonds is 9. The Bertz CT molecular complexity index is 1640. The Hall–Kier alpha value is -3.49. The van der Waals surface area contributed by atoms with E-state index >= 15 is 0 Å². The van der Waals surface area contributed by atoms with Gasteiger partial charge >= 0.3 is 17.9 Å². The highest BCUT2D eigenvalue weighted by atomic mass is 16.6. The molecule has 4 fully saturated rings. The number of fused-ring (bicyclic) bond motifs is 7. The van der Waals surface area contributed by atoms with Gasteiger partial charge in [0.05, 0.1) is 29.9 Å². The molecule has 1 aliphatic heterocycles. The summed E-state index contributed by atoms with van der Waals surface area (Å²) in [5, 5.41) is 10.4. The normalized spacial score (nSPS) is 37.8. The van der Waals surface area contributed by atoms with E-state index < -0.39 is 17.0 Å². The number of carbonyl (C=O) groups excluding carboxylic acids is 3. The molecule has 0 radical (unpaired) electrons. The zero-order valence-electron chi connectivity index (χ0n) is 30.7. The maximum atomic E-state index is 13.8. The third-order valence-electron chi connectivity index (χ3n) is 13.9. The van der Waals surface area contributed by atoms with Crippen molar-refractivity contribution in [2.45, 2.75) is 116 Å². The van der Waals surface area contributed by atoms with Crippen molar-refractivity contribution < 1.29 is 38.4 Å². The van der Waals surface area contributed by atoms with Crippen LogP contribution in [0.3, 0.4) is 0 Å². The predicted molar refractivity (Wildman–Crippen MR) is 192 cm³/mol. The fourth-order valence-corrected chi connectivity index (χ4v) is 11.2. The quantitative estimate of drug-likeness (QED) is 0.161. The first kappa shape index (κ1) is 35.9. The summed E-state index contributed by atoms with van der Waals surface area (Å²) in [6.45, 7) is 10.00. The number of esters is 3. The van der Waals surface area contributed by atoms with Gasteiger partial charge in [-0.05, 0) is 112 Å². The third kappa shape index (κ3) is 6.45. The minimum atomic E-state index is -1.05. The van der Waals surface area contributed by atoms with Gasteiger partial charge in [-0.15, -0.1) is 0 Å². The van der Waals surface area contributed by atoms with Gasteiger partial charge in [-0.25, -0.2) is 9.59 Å². The molecule has 1 heterocycles. The lowest BCUT2D eigenvalue weighted by Gasteiger charge is -2.61. The number of ether oxygens (including phenoxy) is 4. The van der Waals surface area contributed by atoms with Crippen LogP contribution in [0.2, 0.25) is 0 Å². The van der Waals surface area contributed by atoms with Crippen LogP contribution in [0.25, 0.3) is 0 Å². The maximum Gasteiger partial charge on any atom is 0.338 e. The molecule has 51 heavy (non-hydrogen) atoms. The van der Waals surface area contributed by atoms with Gasteiger partial charge in [-0.1, -0.05) is 68.8 Å². The number of hydrogen-bond acceptors (Lipinski definition) is 8. The summed E-state index contributed by atoms with van der Waals surface area (Å²) in [6, 6.07) is 18.1. The molecule has 8 nitrogen and oxygen atoms in total. The zero-order valence-corrected chi connectivity index (χ0v) is 30.7. The Morgan fingerprint density at radius 1 is 0.922 bits per heavy atom. The van der Waals surface area contributed by atoms with Gasteiger partial charge in [-0.2, -0.15) is 0 Å². The Balaban J connectivity index is 1.14. The highest BCUT2D eigenvalue weighted by Gasteiger charge is 2.66. The lowest BCUT2D eigenvalue weighted by Crippen LogP contribution is -2.57. The van der Waals surface area contributed by atoms with E-state index in [0.717, 1.165) is 38.5 Å². The molecular formula is C43H54O8. The van der Waals surface area contributed by atoms with Crippen LogP contribution < -0.4 is 0 Å². The molecule has 0 bridgehead atoms. The maximum absolute atomic E-state index is 13.8. The second-order valence-corrected chi connectivity index (χ2v) is 16.8. The van der Waals surface area contributed by atoms with E-state index in [4.69, 9.17) is 18.9 Å². The molecule has 12 atom stereocenters. The van der Waals surface area contributed by atoms with E-state index in [0.29, 0.717) is 41.7 Å². The van der Waals surface area contributed by atoms with E-state index in [1.165, 1.54) is 12.5 Å². The molecule has 0 aromatic heterocycles. The van der Waals surface area contributed by atoms with Crippen molar-refractivity contribution in [1.82, 2.24) is 0 Å². The van der Waals surface area contributed by atoms with Gasteiger partial charge in [0.2, 0.25) is 0 Å². The van der Waals surface area contributed by atoms with E-state index in [9.17, 15) is 19.5 Å². The van der Waals surface area contributed by atoms with Crippen LogP contribution in [0.15, 0.2) is 72.3 Å². The van der Waals surface area contributed by atoms with E-state index in [1.54, 1.807) is 31.2 Å². The van der Waals surface area contributed by atoms with Gasteiger partial charge in [0.1, 0.15) is 17.8 Å². The molecule has 274 valence electrons. The Kier molecular flexibility index (Phi) is 9.72. The van der Waals surface area contributed by atoms with Crippen molar-refractivity contribution in [3.8, 4) is 0 Å². The fraction of sp³-hybridized carbons (Fsp3) is 0.605. The van der Waals surface area contributed by atoms with Crippen molar-refractivity contribution >= 4 is 17.9 Å². The molecule has 4 aliphatic carbocycles. The van der Waals surface area contributed by atoms with Crippen LogP contribution in [0.4, 0.5) is 0 Å². The molecule has 3 saturated carbocycles. The second-order valence-electron chi connectivity index (χ2n) is 16.8. The van der Waals surface area contributed by atoms with Crippen molar-refractivity contribution in [3.63, 3.8) is 0 Å². The van der Waals surface area contributed by atoms with Gasteiger partial charge in [-0.3, -0.25) is 4.79 Å². The van der Waals surface area contributed by atoms with Crippen LogP contribution in [0, 0.1) is 40.4 Å². The lowest BCUT2D eigenvalue weighted by molar-refractivity contribution is -0.158. The number of aliphatic hydroxyl groups is 1. The predicted octanol–water partition coefficient (Wildman–Crippen LogP) is 7.73. The molecule has 1 unspecified atom stereocenters. The van der Waals surface area contributed by atoms with Crippen LogP contribution >= 0.6 is 0 Å². The summed E-state index contributed by atoms with van der Waals surface area (Å²) in [4.78, 5) is 38.5. The summed E-state index contributed by atoms with van der Waals surface area (Å²) in [5.41, 5.74) is 1.01. The van der Waals surface area contributed by atoms with Gasteiger partial charge in [0.15, 0.2) is 0 Å². The van der Waals surface area contributed by atoms with Crippen LogP contribution in [0.1, 0.15) is 107 Å². The van der Waals surface area contributed by atoms with Gasteiger partial charge in [0.25, 0.3) is 0 Å². The molecule has 5 aliphatic rings. The largest absolute Gasteiger partial charge is 0.463 e. The van der Waals surface area contributed by atoms with Gasteiger partial charge in [0, 0.05) is 18.3 Å². The zero-order chi connectivity index (χ0) is 36.1. The van der Waals surface area contributed by atoms with Crippen molar-refractivity contribution in [3.05, 3.63) is 83.4 Å². The summed E-state index contributed by atoms with van der Waals surface area (Å²) in [6.07, 6.45) is 8.58. The smallest absolute Gasteiger partial charge is 0.338 e. The van der Waals surface area contributed by atoms with Crippen LogP contribution in [-0.2, 0) is 23.7 Å². The minimum Gasteiger partial charge on any atom is -0.463 e. The molecule has 8 heteroatoms. The highest BCUT2D eigenvalue weighted by Crippen LogP contribution is 2.69. The summed E-state index contributed by atoms with van der Waals surface area (Å²) >= 11 is 0. The average Bonchev–Trinajstić information content (AvgIpc) is 3.61. The lowest BCUT2D eigenvalue weighted by atomic mass is 9.45. The van der Waals surface area contributed by atoms with E-state index in [1.807, 2.05) is 36.4 Å². The fourth-order valence-electron chi connectivity index (χ4n) is 11.2. The first-order valence-electron chi connectivity index (χ1n) is 19.1. The third-order valence-corrected chi connectivity index (χ3v) is 13.9. The first-order valence-corrected chi connectivity index (χ1v) is 19.1. The number of aliphatic hydroxyl groups excluding tert-OH is 1. The summed E-state index contributed by atoms with van der Waals surface area (Å²) < 4.78 is 25.1. The Morgan fingerprint density at radius 2 is 1.59 bits per heavy atom. The van der Waals surface area contributed by atoms with Crippen LogP contribution in [0.5, 0.6) is 0 Å². The molecule has 2 aromatic rings. The summed E-state index contributed by atoms with van der Waals surface area (Å²) in [5.74, 6) is 0.480. The number of hydrogen-bond donors (Lipinski definition) is 1. The topological polar surface area (TPSA) is 108 Å². The van der Waals surface area contributed by atoms with E-state index in [2.05, 4.69) is 26.8 Å². The average molecular weight is 699 g/mol. The molecule has 1 N–H and O–H groups in total. The first-order chi connectivity index (χ1) is 24.4. The van der Waals surface area contributed by atoms with Crippen molar-refractivity contribution in [1.29, 1.82) is 0 Å². The number of benzene rings is 2. The standard InChI is InChI=1S/C43H54O8/c1-26-35(19-20-41(3,25-44)51-40(47)29-14-10-7-11-15-29)49-36-23-34-32-17-16-30-22-31(48-27(2)45)18-21-42(30,4)33(32)24-37(43(34,5)38(26)36)50-39(46)28-12-8-6-9-13-28/h6-15,23,26,30-33,35-38,44H,16-22,24-25H2,1-5H3/t26-,30+,31+,32-,33+,35-,36+,37-,38+,41?,42+,43-/m1/s1. The highest BCUT2D eigenvalue weighted by molar-refractivity contribution is 5.90. The molecular weight excluding hydrogens is 644 g/mol. The Morgan fingerprint density at radius 3 is 2.24 bits per heavy atom. The van der Waals surface area contributed by atoms with Crippen molar-refractivity contribution in [2.24, 2.45) is 40.4 Å². The van der Waals surface area contributed by atoms with Gasteiger partial charge < -0.3 is 24.1 Å². The van der Waals surface area contributed by atoms with Crippen molar-refractivity contribution in [2.75, 3.05) is 6.61 Å². The Labute approximate surface area is 302 Å². The van der Waals surface area contributed by atoms with Crippen LogP contribution in [-0.4, -0.2) is 59.6 Å². The molecule has 1 saturated heterocycles.